The van der Waals surface area contributed by atoms with Crippen LogP contribution in [0.3, 0.4) is 0 Å². The number of hydrogen-bond donors (Lipinski definition) is 4. The molecule has 0 unspecified atom stereocenters. The number of aliphatic hydroxyl groups is 1. The van der Waals surface area contributed by atoms with Crippen molar-refractivity contribution in [2.45, 2.75) is 4.90 Å². The number of hydrogen-bond acceptors (Lipinski definition) is 7. The fraction of sp³-hybridized carbons (Fsp3) is 0. The van der Waals surface area contributed by atoms with Crippen molar-refractivity contribution >= 4 is 39.8 Å². The van der Waals surface area contributed by atoms with Crippen molar-refractivity contribution in [2.24, 2.45) is 4.40 Å². The number of para-hydroxylation sites is 1. The fourth-order valence-electron chi connectivity index (χ4n) is 2.52. The number of aliphatic hydroxyl groups excluding tert-OH is 1. The third-order valence-electron chi connectivity index (χ3n) is 3.59. The van der Waals surface area contributed by atoms with Gasteiger partial charge in [0, 0.05) is 6.20 Å². The molecule has 0 saturated carbocycles. The van der Waals surface area contributed by atoms with Crippen molar-refractivity contribution in [1.29, 1.82) is 0 Å². The number of amides is 1. The third kappa shape index (κ3) is 2.14. The van der Waals surface area contributed by atoms with E-state index in [1.165, 1.54) is 12.3 Å². The van der Waals surface area contributed by atoms with Crippen LogP contribution < -0.4 is 10.6 Å². The highest BCUT2D eigenvalue weighted by molar-refractivity contribution is 8.23. The highest BCUT2D eigenvalue weighted by Crippen LogP contribution is 2.55. The molecule has 1 aromatic carbocycles. The van der Waals surface area contributed by atoms with Crippen LogP contribution >= 0.6 is 10.8 Å². The standard InChI is InChI=1S/C15H11N4O4S/c20-12-8-4-3-7-16-13(8)18-15(21)11(12)14-17-9-5-1-2-6-10(9)24(22,23)19-14/h1-7,20,22-23H,(H,17,19). The summed E-state index contributed by atoms with van der Waals surface area (Å²) in [5.41, 5.74) is 0.435. The van der Waals surface area contributed by atoms with Gasteiger partial charge in [-0.2, -0.15) is 5.32 Å². The predicted octanol–water partition coefficient (Wildman–Crippen LogP) is 2.68. The van der Waals surface area contributed by atoms with Gasteiger partial charge in [0.05, 0.1) is 11.3 Å². The van der Waals surface area contributed by atoms with Crippen molar-refractivity contribution in [3.8, 4) is 0 Å². The number of amidine groups is 1. The van der Waals surface area contributed by atoms with Gasteiger partial charge in [-0.25, -0.2) is 4.98 Å². The molecule has 3 heterocycles. The largest absolute Gasteiger partial charge is 0.506 e. The second kappa shape index (κ2) is 5.06. The van der Waals surface area contributed by atoms with Crippen LogP contribution in [0.2, 0.25) is 0 Å². The Morgan fingerprint density at radius 1 is 1.08 bits per heavy atom. The summed E-state index contributed by atoms with van der Waals surface area (Å²) >= 11 is 0. The third-order valence-corrected chi connectivity index (χ3v) is 4.97. The van der Waals surface area contributed by atoms with Crippen LogP contribution in [0.25, 0.3) is 5.76 Å². The Bertz CT molecular complexity index is 939. The van der Waals surface area contributed by atoms with Gasteiger partial charge in [0.25, 0.3) is 5.91 Å². The Morgan fingerprint density at radius 3 is 2.71 bits per heavy atom. The van der Waals surface area contributed by atoms with Gasteiger partial charge in [0.2, 0.25) is 0 Å². The summed E-state index contributed by atoms with van der Waals surface area (Å²) in [6.07, 6.45) is 1.46. The average molecular weight is 343 g/mol. The van der Waals surface area contributed by atoms with Crippen molar-refractivity contribution in [3.05, 3.63) is 53.7 Å². The average Bonchev–Trinajstić information content (AvgIpc) is 2.54. The van der Waals surface area contributed by atoms with Gasteiger partial charge in [0.15, 0.2) is 11.7 Å². The molecule has 1 amide bonds. The van der Waals surface area contributed by atoms with Crippen molar-refractivity contribution < 1.29 is 19.0 Å². The van der Waals surface area contributed by atoms with Gasteiger partial charge >= 0.3 is 0 Å². The summed E-state index contributed by atoms with van der Waals surface area (Å²) in [5.74, 6) is -1.17. The van der Waals surface area contributed by atoms with Crippen LogP contribution in [-0.4, -0.2) is 30.9 Å². The molecule has 8 nitrogen and oxygen atoms in total. The normalized spacial score (nSPS) is 19.4. The first-order valence-electron chi connectivity index (χ1n) is 6.86. The van der Waals surface area contributed by atoms with Gasteiger partial charge in [-0.15, -0.1) is 4.40 Å². The Morgan fingerprint density at radius 2 is 1.88 bits per heavy atom. The zero-order valence-corrected chi connectivity index (χ0v) is 12.9. The molecular weight excluding hydrogens is 332 g/mol. The molecule has 0 atom stereocenters. The highest BCUT2D eigenvalue weighted by Gasteiger charge is 2.35. The topological polar surface area (TPSA) is 129 Å². The van der Waals surface area contributed by atoms with Gasteiger partial charge in [-0.1, -0.05) is 22.9 Å². The van der Waals surface area contributed by atoms with E-state index in [4.69, 9.17) is 0 Å². The summed E-state index contributed by atoms with van der Waals surface area (Å²) in [5, 5.41) is 17.1. The molecule has 1 aromatic heterocycles. The van der Waals surface area contributed by atoms with Crippen LogP contribution in [0.4, 0.5) is 11.5 Å². The molecule has 4 rings (SSSR count). The number of anilines is 1. The number of pyridine rings is 1. The number of carbonyl (C=O) groups is 1. The maximum Gasteiger partial charge on any atom is 0.286 e. The predicted molar refractivity (Wildman–Crippen MR) is 89.2 cm³/mol. The molecule has 2 aromatic rings. The number of aromatic nitrogens is 1. The lowest BCUT2D eigenvalue weighted by Crippen LogP contribution is -2.32. The highest BCUT2D eigenvalue weighted by atomic mass is 32.3. The first kappa shape index (κ1) is 14.7. The Labute approximate surface area is 138 Å². The maximum absolute atomic E-state index is 12.3. The van der Waals surface area contributed by atoms with E-state index in [1.54, 1.807) is 30.3 Å². The molecular formula is C15H11N4O4S. The quantitative estimate of drug-likeness (QED) is 0.630. The Hall–Kier alpha value is -2.88. The first-order chi connectivity index (χ1) is 11.5. The Balaban J connectivity index is 1.88. The minimum atomic E-state index is -3.49. The molecule has 1 radical (unpaired) electrons. The van der Waals surface area contributed by atoms with E-state index in [0.717, 1.165) is 0 Å². The molecule has 121 valence electrons. The van der Waals surface area contributed by atoms with E-state index in [9.17, 15) is 19.0 Å². The molecule has 2 aliphatic heterocycles. The van der Waals surface area contributed by atoms with Gasteiger partial charge < -0.3 is 10.4 Å². The van der Waals surface area contributed by atoms with E-state index in [2.05, 4.69) is 20.0 Å². The molecule has 0 bridgehead atoms. The van der Waals surface area contributed by atoms with Crippen LogP contribution in [0, 0.1) is 0 Å². The summed E-state index contributed by atoms with van der Waals surface area (Å²) in [6, 6.07) is 9.65. The molecule has 4 N–H and O–H groups in total. The van der Waals surface area contributed by atoms with Crippen molar-refractivity contribution in [2.75, 3.05) is 5.32 Å². The summed E-state index contributed by atoms with van der Waals surface area (Å²) in [7, 11) is -3.49. The number of carbonyl (C=O) groups excluding carboxylic acids is 1. The summed E-state index contributed by atoms with van der Waals surface area (Å²) < 4.78 is 24.3. The number of benzene rings is 1. The van der Waals surface area contributed by atoms with Crippen molar-refractivity contribution in [1.82, 2.24) is 10.3 Å². The zero-order chi connectivity index (χ0) is 16.9. The summed E-state index contributed by atoms with van der Waals surface area (Å²) in [4.78, 5) is 16.4. The van der Waals surface area contributed by atoms with Crippen LogP contribution in [0.1, 0.15) is 5.56 Å². The summed E-state index contributed by atoms with van der Waals surface area (Å²) in [6.45, 7) is 0. The van der Waals surface area contributed by atoms with Crippen LogP contribution in [0.5, 0.6) is 0 Å². The minimum Gasteiger partial charge on any atom is -0.506 e. The van der Waals surface area contributed by atoms with E-state index < -0.39 is 16.7 Å². The molecule has 0 saturated heterocycles. The maximum atomic E-state index is 12.3. The lowest BCUT2D eigenvalue weighted by atomic mass is 10.0. The van der Waals surface area contributed by atoms with Gasteiger partial charge in [-0.05, 0) is 24.3 Å². The van der Waals surface area contributed by atoms with E-state index >= 15 is 0 Å². The second-order valence-electron chi connectivity index (χ2n) is 5.09. The number of rotatable bonds is 1. The van der Waals surface area contributed by atoms with Crippen LogP contribution in [-0.2, 0) is 4.79 Å². The molecule has 24 heavy (non-hydrogen) atoms. The molecule has 0 fully saturated rings. The number of nitrogens with zero attached hydrogens (tertiary/aromatic N) is 3. The first-order valence-corrected chi connectivity index (χ1v) is 8.37. The lowest BCUT2D eigenvalue weighted by molar-refractivity contribution is -0.116. The lowest BCUT2D eigenvalue weighted by Gasteiger charge is -2.34. The van der Waals surface area contributed by atoms with E-state index in [-0.39, 0.29) is 33.4 Å². The SMILES string of the molecule is O=C1[N]c2ncccc2C(O)=C1C1=NS(O)(O)c2ccccc2N1. The molecule has 0 spiro atoms. The second-order valence-corrected chi connectivity index (χ2v) is 6.76. The minimum absolute atomic E-state index is 0.104. The van der Waals surface area contributed by atoms with Crippen LogP contribution in [0.15, 0.2) is 57.5 Å². The van der Waals surface area contributed by atoms with Gasteiger partial charge in [-0.3, -0.25) is 13.9 Å². The fourth-order valence-corrected chi connectivity index (χ4v) is 3.68. The van der Waals surface area contributed by atoms with Gasteiger partial charge in [0.1, 0.15) is 16.2 Å². The zero-order valence-electron chi connectivity index (χ0n) is 12.0. The Kier molecular flexibility index (Phi) is 3.10. The number of nitrogens with one attached hydrogen (secondary N) is 1. The van der Waals surface area contributed by atoms with E-state index in [0.29, 0.717) is 5.69 Å². The monoisotopic (exact) mass is 343 g/mol. The smallest absolute Gasteiger partial charge is 0.286 e. The molecule has 9 heteroatoms. The molecule has 0 aliphatic carbocycles. The van der Waals surface area contributed by atoms with E-state index in [1.807, 2.05) is 0 Å². The number of fused-ring (bicyclic) bond motifs is 2. The van der Waals surface area contributed by atoms with Crippen molar-refractivity contribution in [3.63, 3.8) is 0 Å². The molecule has 2 aliphatic rings.